The zero-order valence-corrected chi connectivity index (χ0v) is 13.4. The second-order valence-electron chi connectivity index (χ2n) is 5.72. The van der Waals surface area contributed by atoms with Crippen molar-refractivity contribution in [2.45, 2.75) is 51.6 Å². The molecule has 1 rings (SSSR count). The van der Waals surface area contributed by atoms with Crippen molar-refractivity contribution in [1.29, 1.82) is 0 Å². The van der Waals surface area contributed by atoms with Crippen molar-refractivity contribution in [2.75, 3.05) is 13.2 Å². The maximum atomic E-state index is 12.1. The molecule has 0 aliphatic carbocycles. The maximum absolute atomic E-state index is 12.1. The highest BCUT2D eigenvalue weighted by atomic mass is 16.3. The number of aliphatic hydroxyl groups is 1. The Kier molecular flexibility index (Phi) is 7.40. The van der Waals surface area contributed by atoms with Crippen LogP contribution in [0.25, 0.3) is 0 Å². The number of nitrogens with one attached hydrogen (secondary N) is 2. The van der Waals surface area contributed by atoms with E-state index >= 15 is 0 Å². The van der Waals surface area contributed by atoms with Crippen LogP contribution in [0.1, 0.15) is 45.6 Å². The lowest BCUT2D eigenvalue weighted by molar-refractivity contribution is -0.123. The smallest absolute Gasteiger partial charge is 0.236 e. The van der Waals surface area contributed by atoms with E-state index in [1.54, 1.807) is 0 Å². The van der Waals surface area contributed by atoms with E-state index in [1.807, 2.05) is 44.2 Å². The standard InChI is InChI=1S/C17H28N2O2/c1-4-5-9-12-18-16(21)14(2)19-17(3,13-20)15-10-7-6-8-11-15/h6-8,10-11,14,19-20H,4-5,9,12-13H2,1-3H3,(H,18,21). The number of amides is 1. The molecular formula is C17H28N2O2. The molecule has 0 radical (unpaired) electrons. The van der Waals surface area contributed by atoms with E-state index in [4.69, 9.17) is 0 Å². The van der Waals surface area contributed by atoms with E-state index in [9.17, 15) is 9.90 Å². The van der Waals surface area contributed by atoms with Crippen LogP contribution in [0.3, 0.4) is 0 Å². The molecule has 0 aliphatic heterocycles. The van der Waals surface area contributed by atoms with Crippen LogP contribution in [0.15, 0.2) is 30.3 Å². The Labute approximate surface area is 128 Å². The second-order valence-corrected chi connectivity index (χ2v) is 5.72. The van der Waals surface area contributed by atoms with Crippen LogP contribution in [-0.2, 0) is 10.3 Å². The number of hydrogen-bond acceptors (Lipinski definition) is 3. The average Bonchev–Trinajstić information content (AvgIpc) is 2.52. The average molecular weight is 292 g/mol. The lowest BCUT2D eigenvalue weighted by atomic mass is 9.92. The Morgan fingerprint density at radius 2 is 1.95 bits per heavy atom. The molecule has 0 heterocycles. The first-order valence-corrected chi connectivity index (χ1v) is 7.75. The molecule has 118 valence electrons. The normalized spacial score (nSPS) is 15.2. The van der Waals surface area contributed by atoms with E-state index in [2.05, 4.69) is 17.6 Å². The first kappa shape index (κ1) is 17.7. The fourth-order valence-corrected chi connectivity index (χ4v) is 2.31. The summed E-state index contributed by atoms with van der Waals surface area (Å²) in [5.74, 6) is -0.0262. The van der Waals surface area contributed by atoms with Crippen molar-refractivity contribution in [3.8, 4) is 0 Å². The van der Waals surface area contributed by atoms with Crippen molar-refractivity contribution in [1.82, 2.24) is 10.6 Å². The maximum Gasteiger partial charge on any atom is 0.236 e. The van der Waals surface area contributed by atoms with E-state index in [0.29, 0.717) is 6.54 Å². The molecule has 21 heavy (non-hydrogen) atoms. The molecule has 1 amide bonds. The molecule has 0 fully saturated rings. The number of aliphatic hydroxyl groups excluding tert-OH is 1. The van der Waals surface area contributed by atoms with Gasteiger partial charge in [-0.15, -0.1) is 0 Å². The van der Waals surface area contributed by atoms with Crippen LogP contribution in [0.4, 0.5) is 0 Å². The number of unbranched alkanes of at least 4 members (excludes halogenated alkanes) is 2. The summed E-state index contributed by atoms with van der Waals surface area (Å²) in [5, 5.41) is 15.9. The highest BCUT2D eigenvalue weighted by Gasteiger charge is 2.29. The fraction of sp³-hybridized carbons (Fsp3) is 0.588. The molecule has 2 atom stereocenters. The first-order valence-electron chi connectivity index (χ1n) is 7.75. The Balaban J connectivity index is 2.58. The summed E-state index contributed by atoms with van der Waals surface area (Å²) in [6.07, 6.45) is 3.27. The van der Waals surface area contributed by atoms with E-state index in [-0.39, 0.29) is 18.6 Å². The van der Waals surface area contributed by atoms with Gasteiger partial charge in [-0.2, -0.15) is 0 Å². The minimum absolute atomic E-state index is 0.0262. The minimum atomic E-state index is -0.624. The van der Waals surface area contributed by atoms with Crippen molar-refractivity contribution in [3.05, 3.63) is 35.9 Å². The Morgan fingerprint density at radius 3 is 2.52 bits per heavy atom. The molecular weight excluding hydrogens is 264 g/mol. The van der Waals surface area contributed by atoms with Gasteiger partial charge in [0.25, 0.3) is 0 Å². The summed E-state index contributed by atoms with van der Waals surface area (Å²) >= 11 is 0. The zero-order valence-electron chi connectivity index (χ0n) is 13.4. The third-order valence-electron chi connectivity index (χ3n) is 3.74. The summed E-state index contributed by atoms with van der Waals surface area (Å²) in [6.45, 7) is 6.51. The summed E-state index contributed by atoms with van der Waals surface area (Å²) < 4.78 is 0. The topological polar surface area (TPSA) is 61.4 Å². The molecule has 1 aromatic carbocycles. The number of benzene rings is 1. The van der Waals surface area contributed by atoms with Gasteiger partial charge in [-0.05, 0) is 25.8 Å². The van der Waals surface area contributed by atoms with E-state index in [0.717, 1.165) is 24.8 Å². The van der Waals surface area contributed by atoms with Gasteiger partial charge in [0, 0.05) is 6.54 Å². The minimum Gasteiger partial charge on any atom is -0.394 e. The van der Waals surface area contributed by atoms with Gasteiger partial charge in [0.1, 0.15) is 0 Å². The molecule has 0 saturated heterocycles. The Morgan fingerprint density at radius 1 is 1.29 bits per heavy atom. The SMILES string of the molecule is CCCCCNC(=O)C(C)NC(C)(CO)c1ccccc1. The highest BCUT2D eigenvalue weighted by molar-refractivity contribution is 5.81. The van der Waals surface area contributed by atoms with Crippen LogP contribution in [-0.4, -0.2) is 30.2 Å². The van der Waals surface area contributed by atoms with Crippen LogP contribution in [0.5, 0.6) is 0 Å². The summed E-state index contributed by atoms with van der Waals surface area (Å²) in [4.78, 5) is 12.1. The highest BCUT2D eigenvalue weighted by Crippen LogP contribution is 2.20. The third kappa shape index (κ3) is 5.48. The molecule has 0 bridgehead atoms. The lowest BCUT2D eigenvalue weighted by Gasteiger charge is -2.32. The predicted molar refractivity (Wildman–Crippen MR) is 86.0 cm³/mol. The molecule has 0 saturated carbocycles. The summed E-state index contributed by atoms with van der Waals surface area (Å²) in [7, 11) is 0. The van der Waals surface area contributed by atoms with Gasteiger partial charge < -0.3 is 10.4 Å². The fourth-order valence-electron chi connectivity index (χ4n) is 2.31. The predicted octanol–water partition coefficient (Wildman–Crippen LogP) is 2.18. The van der Waals surface area contributed by atoms with Crippen LogP contribution in [0.2, 0.25) is 0 Å². The number of rotatable bonds is 9. The molecule has 3 N–H and O–H groups in total. The first-order chi connectivity index (χ1) is 10.0. The molecule has 4 nitrogen and oxygen atoms in total. The van der Waals surface area contributed by atoms with Gasteiger partial charge in [0.2, 0.25) is 5.91 Å². The van der Waals surface area contributed by atoms with Gasteiger partial charge in [0.15, 0.2) is 0 Å². The Hall–Kier alpha value is -1.39. The van der Waals surface area contributed by atoms with Crippen molar-refractivity contribution in [2.24, 2.45) is 0 Å². The second kappa shape index (κ2) is 8.80. The van der Waals surface area contributed by atoms with Crippen LogP contribution < -0.4 is 10.6 Å². The molecule has 0 aliphatic rings. The van der Waals surface area contributed by atoms with Gasteiger partial charge in [-0.1, -0.05) is 50.1 Å². The summed E-state index contributed by atoms with van der Waals surface area (Å²) in [5.41, 5.74) is 0.347. The molecule has 0 aromatic heterocycles. The molecule has 2 unspecified atom stereocenters. The number of carbonyl (C=O) groups excluding carboxylic acids is 1. The third-order valence-corrected chi connectivity index (χ3v) is 3.74. The van der Waals surface area contributed by atoms with Crippen LogP contribution in [0, 0.1) is 0 Å². The van der Waals surface area contributed by atoms with Crippen molar-refractivity contribution >= 4 is 5.91 Å². The molecule has 4 heteroatoms. The monoisotopic (exact) mass is 292 g/mol. The van der Waals surface area contributed by atoms with E-state index in [1.165, 1.54) is 0 Å². The van der Waals surface area contributed by atoms with E-state index < -0.39 is 5.54 Å². The van der Waals surface area contributed by atoms with Gasteiger partial charge >= 0.3 is 0 Å². The lowest BCUT2D eigenvalue weighted by Crippen LogP contribution is -2.53. The van der Waals surface area contributed by atoms with Crippen molar-refractivity contribution in [3.63, 3.8) is 0 Å². The van der Waals surface area contributed by atoms with Gasteiger partial charge in [-0.25, -0.2) is 0 Å². The molecule has 1 aromatic rings. The summed E-state index contributed by atoms with van der Waals surface area (Å²) in [6, 6.07) is 9.35. The van der Waals surface area contributed by atoms with Gasteiger partial charge in [-0.3, -0.25) is 10.1 Å². The zero-order chi connectivity index (χ0) is 15.7. The number of hydrogen-bond donors (Lipinski definition) is 3. The van der Waals surface area contributed by atoms with Gasteiger partial charge in [0.05, 0.1) is 18.2 Å². The number of carbonyl (C=O) groups is 1. The van der Waals surface area contributed by atoms with Crippen LogP contribution >= 0.6 is 0 Å². The largest absolute Gasteiger partial charge is 0.394 e. The van der Waals surface area contributed by atoms with Crippen molar-refractivity contribution < 1.29 is 9.90 Å². The quantitative estimate of drug-likeness (QED) is 0.611. The molecule has 0 spiro atoms. The Bertz CT molecular complexity index is 422.